The molecule has 0 radical (unpaired) electrons. The molecule has 3 unspecified atom stereocenters. The van der Waals surface area contributed by atoms with Crippen LogP contribution in [-0.4, -0.2) is 37.2 Å². The summed E-state index contributed by atoms with van der Waals surface area (Å²) in [6.07, 6.45) is 2.32. The van der Waals surface area contributed by atoms with Crippen LogP contribution < -0.4 is 5.32 Å². The van der Waals surface area contributed by atoms with E-state index in [1.165, 1.54) is 0 Å². The second-order valence-electron chi connectivity index (χ2n) is 4.22. The Balaban J connectivity index is 2.03. The second-order valence-corrected chi connectivity index (χ2v) is 4.22. The summed E-state index contributed by atoms with van der Waals surface area (Å²) >= 11 is 0. The molecule has 90 valence electrons. The number of ether oxygens (including phenoxy) is 2. The van der Waals surface area contributed by atoms with E-state index in [0.717, 1.165) is 19.4 Å². The lowest BCUT2D eigenvalue weighted by Gasteiger charge is -2.22. The highest BCUT2D eigenvalue weighted by atomic mass is 16.5. The summed E-state index contributed by atoms with van der Waals surface area (Å²) in [7, 11) is 0. The molecular formula is C11H17NO4. The third kappa shape index (κ3) is 2.19. The molecule has 0 saturated carbocycles. The molecule has 2 heterocycles. The Labute approximate surface area is 94.5 Å². The van der Waals surface area contributed by atoms with E-state index in [4.69, 9.17) is 9.47 Å². The molecule has 2 aliphatic heterocycles. The van der Waals surface area contributed by atoms with Gasteiger partial charge in [-0.3, -0.25) is 4.79 Å². The summed E-state index contributed by atoms with van der Waals surface area (Å²) in [6.45, 7) is 2.82. The lowest BCUT2D eigenvalue weighted by Crippen LogP contribution is -2.42. The zero-order valence-corrected chi connectivity index (χ0v) is 9.40. The minimum atomic E-state index is -0.518. The Hall–Kier alpha value is -1.10. The van der Waals surface area contributed by atoms with Crippen molar-refractivity contribution >= 4 is 11.9 Å². The molecule has 0 aliphatic carbocycles. The highest BCUT2D eigenvalue weighted by Crippen LogP contribution is 2.29. The van der Waals surface area contributed by atoms with Crippen LogP contribution in [0.25, 0.3) is 0 Å². The molecule has 3 atom stereocenters. The van der Waals surface area contributed by atoms with E-state index in [1.807, 2.05) is 0 Å². The molecule has 0 aromatic heterocycles. The van der Waals surface area contributed by atoms with Crippen LogP contribution in [0.15, 0.2) is 0 Å². The third-order valence-electron chi connectivity index (χ3n) is 3.15. The topological polar surface area (TPSA) is 64.6 Å². The van der Waals surface area contributed by atoms with Crippen LogP contribution in [-0.2, 0) is 19.1 Å². The highest BCUT2D eigenvalue weighted by molar-refractivity contribution is 5.88. The van der Waals surface area contributed by atoms with Crippen molar-refractivity contribution in [3.63, 3.8) is 0 Å². The van der Waals surface area contributed by atoms with Gasteiger partial charge in [0.1, 0.15) is 6.04 Å². The van der Waals surface area contributed by atoms with Gasteiger partial charge in [-0.05, 0) is 19.8 Å². The van der Waals surface area contributed by atoms with Crippen molar-refractivity contribution in [1.29, 1.82) is 0 Å². The van der Waals surface area contributed by atoms with Crippen LogP contribution in [0.4, 0.5) is 0 Å². The first-order valence-electron chi connectivity index (χ1n) is 5.80. The fraction of sp³-hybridized carbons (Fsp3) is 0.818. The third-order valence-corrected chi connectivity index (χ3v) is 3.15. The molecule has 2 rings (SSSR count). The molecule has 1 amide bonds. The highest BCUT2D eigenvalue weighted by Gasteiger charge is 2.44. The van der Waals surface area contributed by atoms with E-state index in [9.17, 15) is 9.59 Å². The molecule has 2 saturated heterocycles. The van der Waals surface area contributed by atoms with Crippen molar-refractivity contribution in [2.45, 2.75) is 38.3 Å². The first-order valence-corrected chi connectivity index (χ1v) is 5.80. The average molecular weight is 227 g/mol. The zero-order chi connectivity index (χ0) is 11.5. The lowest BCUT2D eigenvalue weighted by molar-refractivity contribution is -0.148. The monoisotopic (exact) mass is 227 g/mol. The second kappa shape index (κ2) is 4.82. The summed E-state index contributed by atoms with van der Waals surface area (Å²) in [5.74, 6) is -0.485. The quantitative estimate of drug-likeness (QED) is 0.701. The van der Waals surface area contributed by atoms with Crippen LogP contribution in [0.2, 0.25) is 0 Å². The number of amides is 1. The molecule has 0 spiro atoms. The van der Waals surface area contributed by atoms with Gasteiger partial charge in [-0.25, -0.2) is 4.79 Å². The van der Waals surface area contributed by atoms with Crippen LogP contribution in [0.5, 0.6) is 0 Å². The van der Waals surface area contributed by atoms with Gasteiger partial charge < -0.3 is 14.8 Å². The molecule has 0 aromatic rings. The van der Waals surface area contributed by atoms with Gasteiger partial charge in [0.05, 0.1) is 12.7 Å². The molecule has 2 fully saturated rings. The van der Waals surface area contributed by atoms with Gasteiger partial charge in [0, 0.05) is 18.9 Å². The van der Waals surface area contributed by atoms with Crippen molar-refractivity contribution in [2.24, 2.45) is 5.92 Å². The lowest BCUT2D eigenvalue weighted by atomic mass is 9.92. The SMILES string of the molecule is CCOC(=O)C1NC(=O)CC1C1CCCO1. The summed E-state index contributed by atoms with van der Waals surface area (Å²) in [5, 5.41) is 2.67. The predicted molar refractivity (Wildman–Crippen MR) is 55.6 cm³/mol. The van der Waals surface area contributed by atoms with Gasteiger partial charge >= 0.3 is 5.97 Å². The van der Waals surface area contributed by atoms with E-state index in [0.29, 0.717) is 13.0 Å². The minimum absolute atomic E-state index is 0.0216. The Morgan fingerprint density at radius 1 is 1.62 bits per heavy atom. The molecule has 1 N–H and O–H groups in total. The molecule has 5 heteroatoms. The van der Waals surface area contributed by atoms with Crippen molar-refractivity contribution in [1.82, 2.24) is 5.32 Å². The van der Waals surface area contributed by atoms with Crippen molar-refractivity contribution in [3.8, 4) is 0 Å². The molecular weight excluding hydrogens is 210 g/mol. The van der Waals surface area contributed by atoms with Crippen molar-refractivity contribution in [2.75, 3.05) is 13.2 Å². The van der Waals surface area contributed by atoms with E-state index >= 15 is 0 Å². The van der Waals surface area contributed by atoms with E-state index in [2.05, 4.69) is 5.32 Å². The van der Waals surface area contributed by atoms with Crippen LogP contribution in [0, 0.1) is 5.92 Å². The molecule has 0 aromatic carbocycles. The predicted octanol–water partition coefficient (Wildman–Crippen LogP) is 0.233. The Morgan fingerprint density at radius 3 is 3.06 bits per heavy atom. The molecule has 5 nitrogen and oxygen atoms in total. The zero-order valence-electron chi connectivity index (χ0n) is 9.40. The maximum absolute atomic E-state index is 11.7. The van der Waals surface area contributed by atoms with Gasteiger partial charge in [-0.1, -0.05) is 0 Å². The first kappa shape index (κ1) is 11.4. The Bertz CT molecular complexity index is 286. The van der Waals surface area contributed by atoms with E-state index in [1.54, 1.807) is 6.92 Å². The van der Waals surface area contributed by atoms with Crippen LogP contribution in [0.3, 0.4) is 0 Å². The molecule has 2 aliphatic rings. The number of esters is 1. The molecule has 16 heavy (non-hydrogen) atoms. The first-order chi connectivity index (χ1) is 7.72. The van der Waals surface area contributed by atoms with Crippen LogP contribution >= 0.6 is 0 Å². The maximum atomic E-state index is 11.7. The van der Waals surface area contributed by atoms with Crippen molar-refractivity contribution < 1.29 is 19.1 Å². The van der Waals surface area contributed by atoms with E-state index < -0.39 is 6.04 Å². The van der Waals surface area contributed by atoms with Gasteiger partial charge in [-0.2, -0.15) is 0 Å². The van der Waals surface area contributed by atoms with E-state index in [-0.39, 0.29) is 23.9 Å². The standard InChI is InChI=1S/C11H17NO4/c1-2-15-11(14)10-7(6-9(13)12-10)8-4-3-5-16-8/h7-8,10H,2-6H2,1H3,(H,12,13). The summed E-state index contributed by atoms with van der Waals surface area (Å²) in [5.41, 5.74) is 0. The Kier molecular flexibility index (Phi) is 3.43. The van der Waals surface area contributed by atoms with Gasteiger partial charge in [0.25, 0.3) is 0 Å². The van der Waals surface area contributed by atoms with Gasteiger partial charge in [0.2, 0.25) is 5.91 Å². The van der Waals surface area contributed by atoms with Gasteiger partial charge in [0.15, 0.2) is 0 Å². The number of nitrogens with one attached hydrogen (secondary N) is 1. The fourth-order valence-corrected chi connectivity index (χ4v) is 2.42. The number of hydrogen-bond donors (Lipinski definition) is 1. The van der Waals surface area contributed by atoms with Crippen molar-refractivity contribution in [3.05, 3.63) is 0 Å². The smallest absolute Gasteiger partial charge is 0.329 e. The number of rotatable bonds is 3. The summed E-state index contributed by atoms with van der Waals surface area (Å²) in [4.78, 5) is 23.0. The normalized spacial score (nSPS) is 33.8. The number of carbonyl (C=O) groups is 2. The summed E-state index contributed by atoms with van der Waals surface area (Å²) in [6, 6.07) is -0.518. The number of hydrogen-bond acceptors (Lipinski definition) is 4. The maximum Gasteiger partial charge on any atom is 0.329 e. The van der Waals surface area contributed by atoms with Crippen LogP contribution in [0.1, 0.15) is 26.2 Å². The summed E-state index contributed by atoms with van der Waals surface area (Å²) < 4.78 is 10.5. The fourth-order valence-electron chi connectivity index (χ4n) is 2.42. The Morgan fingerprint density at radius 2 is 2.44 bits per heavy atom. The molecule has 0 bridgehead atoms. The number of carbonyl (C=O) groups excluding carboxylic acids is 2. The minimum Gasteiger partial charge on any atom is -0.464 e. The average Bonchev–Trinajstić information content (AvgIpc) is 2.85. The van der Waals surface area contributed by atoms with Gasteiger partial charge in [-0.15, -0.1) is 0 Å². The largest absolute Gasteiger partial charge is 0.464 e.